The summed E-state index contributed by atoms with van der Waals surface area (Å²) in [5.41, 5.74) is -0.794. The van der Waals surface area contributed by atoms with Crippen molar-refractivity contribution in [1.82, 2.24) is 20.4 Å². The van der Waals surface area contributed by atoms with Crippen molar-refractivity contribution in [2.75, 3.05) is 13.2 Å². The van der Waals surface area contributed by atoms with E-state index in [1.807, 2.05) is 0 Å². The number of aliphatic hydroxyl groups excluding tert-OH is 1. The van der Waals surface area contributed by atoms with Gasteiger partial charge in [-0.05, 0) is 24.3 Å². The van der Waals surface area contributed by atoms with Crippen LogP contribution in [0.1, 0.15) is 50.5 Å². The van der Waals surface area contributed by atoms with Crippen molar-refractivity contribution in [3.05, 3.63) is 29.7 Å². The van der Waals surface area contributed by atoms with Crippen LogP contribution in [0.3, 0.4) is 0 Å². The molecular formula is C21H28F4N4O3. The molecule has 2 rings (SSSR count). The lowest BCUT2D eigenvalue weighted by Gasteiger charge is -2.30. The zero-order valence-electron chi connectivity index (χ0n) is 18.2. The van der Waals surface area contributed by atoms with Gasteiger partial charge in [0.1, 0.15) is 17.4 Å². The molecule has 0 saturated carbocycles. The Balaban J connectivity index is 2.29. The molecule has 32 heavy (non-hydrogen) atoms. The van der Waals surface area contributed by atoms with Gasteiger partial charge in [-0.2, -0.15) is 18.3 Å². The van der Waals surface area contributed by atoms with Gasteiger partial charge in [0.05, 0.1) is 6.61 Å². The fraction of sp³-hybridized carbons (Fsp3) is 0.571. The molecular weight excluding hydrogens is 432 g/mol. The van der Waals surface area contributed by atoms with Crippen LogP contribution in [-0.4, -0.2) is 52.1 Å². The van der Waals surface area contributed by atoms with Gasteiger partial charge in [-0.15, -0.1) is 0 Å². The second kappa shape index (κ2) is 10.3. The molecule has 0 aliphatic rings. The minimum Gasteiger partial charge on any atom is -0.395 e. The number of alkyl halides is 3. The number of amides is 2. The van der Waals surface area contributed by atoms with Crippen LogP contribution >= 0.6 is 0 Å². The van der Waals surface area contributed by atoms with Crippen LogP contribution in [0.5, 0.6) is 0 Å². The first-order valence-electron chi connectivity index (χ1n) is 10.3. The second-order valence-electron chi connectivity index (χ2n) is 8.57. The maximum absolute atomic E-state index is 14.5. The Morgan fingerprint density at radius 3 is 2.47 bits per heavy atom. The van der Waals surface area contributed by atoms with Gasteiger partial charge in [-0.25, -0.2) is 4.39 Å². The summed E-state index contributed by atoms with van der Waals surface area (Å²) in [7, 11) is 0. The van der Waals surface area contributed by atoms with Crippen LogP contribution in [0.4, 0.5) is 17.6 Å². The van der Waals surface area contributed by atoms with Gasteiger partial charge in [-0.1, -0.05) is 32.9 Å². The Bertz CT molecular complexity index is 951. The lowest BCUT2D eigenvalue weighted by atomic mass is 9.86. The summed E-state index contributed by atoms with van der Waals surface area (Å²) in [6, 6.07) is 3.10. The highest BCUT2D eigenvalue weighted by Crippen LogP contribution is 2.26. The van der Waals surface area contributed by atoms with Gasteiger partial charge >= 0.3 is 6.18 Å². The van der Waals surface area contributed by atoms with Crippen LogP contribution < -0.4 is 10.6 Å². The zero-order valence-corrected chi connectivity index (χ0v) is 18.2. The molecule has 0 aliphatic carbocycles. The normalized spacial score (nSPS) is 13.2. The summed E-state index contributed by atoms with van der Waals surface area (Å²) < 4.78 is 52.8. The Morgan fingerprint density at radius 1 is 1.19 bits per heavy atom. The standard InChI is InChI=1S/C21H28F4N4O3/c1-20(2,3)17(19(32)26-10-12-30)27-18(31)15-13-7-6-8-14(22)16(13)29(28-15)11-5-4-9-21(23,24)25/h6-8,17,30H,4-5,9-12H2,1-3H3,(H,26,32)(H,27,31)/t17-/m1/s1. The van der Waals surface area contributed by atoms with E-state index in [0.29, 0.717) is 0 Å². The number of halogens is 4. The number of rotatable bonds is 9. The van der Waals surface area contributed by atoms with E-state index in [2.05, 4.69) is 15.7 Å². The van der Waals surface area contributed by atoms with E-state index in [-0.39, 0.29) is 49.1 Å². The van der Waals surface area contributed by atoms with Crippen molar-refractivity contribution >= 4 is 22.7 Å². The first-order chi connectivity index (χ1) is 14.8. The second-order valence-corrected chi connectivity index (χ2v) is 8.57. The number of benzene rings is 1. The molecule has 0 bridgehead atoms. The largest absolute Gasteiger partial charge is 0.395 e. The molecule has 0 aliphatic heterocycles. The number of aliphatic hydroxyl groups is 1. The van der Waals surface area contributed by atoms with E-state index in [1.165, 1.54) is 22.9 Å². The monoisotopic (exact) mass is 460 g/mol. The van der Waals surface area contributed by atoms with Crippen LogP contribution in [0.25, 0.3) is 10.9 Å². The minimum atomic E-state index is -4.28. The Hall–Kier alpha value is -2.69. The van der Waals surface area contributed by atoms with Gasteiger partial charge in [0.2, 0.25) is 5.91 Å². The number of carbonyl (C=O) groups excluding carboxylic acids is 2. The summed E-state index contributed by atoms with van der Waals surface area (Å²) >= 11 is 0. The van der Waals surface area contributed by atoms with Crippen LogP contribution in [0, 0.1) is 11.2 Å². The third-order valence-electron chi connectivity index (χ3n) is 4.83. The molecule has 1 heterocycles. The number of aromatic nitrogens is 2. The third-order valence-corrected chi connectivity index (χ3v) is 4.83. The number of hydrogen-bond donors (Lipinski definition) is 3. The van der Waals surface area contributed by atoms with Crippen LogP contribution in [0.15, 0.2) is 18.2 Å². The molecule has 1 atom stereocenters. The van der Waals surface area contributed by atoms with Gasteiger partial charge in [0.25, 0.3) is 5.91 Å². The molecule has 0 spiro atoms. The SMILES string of the molecule is CC(C)(C)[C@H](NC(=O)c1nn(CCCCC(F)(F)F)c2c(F)cccc12)C(=O)NCCO. The van der Waals surface area contributed by atoms with E-state index < -0.39 is 41.7 Å². The van der Waals surface area contributed by atoms with E-state index >= 15 is 0 Å². The van der Waals surface area contributed by atoms with Gasteiger partial charge < -0.3 is 15.7 Å². The quantitative estimate of drug-likeness (QED) is 0.396. The molecule has 11 heteroatoms. The van der Waals surface area contributed by atoms with Gasteiger partial charge in [0.15, 0.2) is 5.69 Å². The highest BCUT2D eigenvalue weighted by Gasteiger charge is 2.34. The average molecular weight is 460 g/mol. The molecule has 0 unspecified atom stereocenters. The maximum Gasteiger partial charge on any atom is 0.389 e. The van der Waals surface area contributed by atoms with E-state index in [4.69, 9.17) is 5.11 Å². The van der Waals surface area contributed by atoms with Crippen molar-refractivity contribution in [1.29, 1.82) is 0 Å². The van der Waals surface area contributed by atoms with Gasteiger partial charge in [0, 0.05) is 24.9 Å². The van der Waals surface area contributed by atoms with E-state index in [0.717, 1.165) is 0 Å². The molecule has 0 saturated heterocycles. The summed E-state index contributed by atoms with van der Waals surface area (Å²) in [6.07, 6.45) is -5.29. The minimum absolute atomic E-state index is 0.000475. The van der Waals surface area contributed by atoms with Crippen LogP contribution in [-0.2, 0) is 11.3 Å². The predicted molar refractivity (Wildman–Crippen MR) is 110 cm³/mol. The summed E-state index contributed by atoms with van der Waals surface area (Å²) in [6.45, 7) is 4.98. The number of hydrogen-bond acceptors (Lipinski definition) is 4. The Morgan fingerprint density at radius 2 is 1.88 bits per heavy atom. The van der Waals surface area contributed by atoms with Crippen molar-refractivity contribution in [3.63, 3.8) is 0 Å². The van der Waals surface area contributed by atoms with E-state index in [1.54, 1.807) is 20.8 Å². The molecule has 3 N–H and O–H groups in total. The first kappa shape index (κ1) is 25.6. The molecule has 1 aromatic carbocycles. The topological polar surface area (TPSA) is 96.2 Å². The van der Waals surface area contributed by atoms with Gasteiger partial charge in [-0.3, -0.25) is 14.3 Å². The maximum atomic E-state index is 14.5. The van der Waals surface area contributed by atoms with Crippen LogP contribution in [0.2, 0.25) is 0 Å². The number of nitrogens with zero attached hydrogens (tertiary/aromatic N) is 2. The van der Waals surface area contributed by atoms with Crippen molar-refractivity contribution in [2.24, 2.45) is 5.41 Å². The number of nitrogens with one attached hydrogen (secondary N) is 2. The number of para-hydroxylation sites is 1. The molecule has 0 radical (unpaired) electrons. The molecule has 1 aromatic heterocycles. The summed E-state index contributed by atoms with van der Waals surface area (Å²) in [5, 5.41) is 18.4. The average Bonchev–Trinajstić information content (AvgIpc) is 3.06. The number of aryl methyl sites for hydroxylation is 1. The number of carbonyl (C=O) groups is 2. The smallest absolute Gasteiger partial charge is 0.389 e. The third kappa shape index (κ3) is 6.65. The summed E-state index contributed by atoms with van der Waals surface area (Å²) in [4.78, 5) is 25.5. The fourth-order valence-electron chi connectivity index (χ4n) is 3.27. The highest BCUT2D eigenvalue weighted by molar-refractivity contribution is 6.06. The molecule has 7 nitrogen and oxygen atoms in total. The molecule has 2 aromatic rings. The Kier molecular flexibility index (Phi) is 8.22. The highest BCUT2D eigenvalue weighted by atomic mass is 19.4. The molecule has 178 valence electrons. The molecule has 0 fully saturated rings. The van der Waals surface area contributed by atoms with Crippen molar-refractivity contribution < 1.29 is 32.3 Å². The van der Waals surface area contributed by atoms with Crippen molar-refractivity contribution in [3.8, 4) is 0 Å². The predicted octanol–water partition coefficient (Wildman–Crippen LogP) is 3.16. The zero-order chi connectivity index (χ0) is 24.1. The summed E-state index contributed by atoms with van der Waals surface area (Å²) in [5.74, 6) is -1.87. The lowest BCUT2D eigenvalue weighted by Crippen LogP contribution is -2.54. The Labute approximate surface area is 183 Å². The number of unbranched alkanes of at least 4 members (excludes halogenated alkanes) is 1. The number of fused-ring (bicyclic) bond motifs is 1. The fourth-order valence-corrected chi connectivity index (χ4v) is 3.27. The van der Waals surface area contributed by atoms with Crippen molar-refractivity contribution in [2.45, 2.75) is 58.8 Å². The first-order valence-corrected chi connectivity index (χ1v) is 10.3. The lowest BCUT2D eigenvalue weighted by molar-refractivity contribution is -0.135. The van der Waals surface area contributed by atoms with E-state index in [9.17, 15) is 27.2 Å². The molecule has 2 amide bonds.